The molecule has 4 rings (SSSR count). The van der Waals surface area contributed by atoms with Crippen molar-refractivity contribution in [3.05, 3.63) is 12.2 Å². The average molecular weight is 673 g/mol. The fourth-order valence-electron chi connectivity index (χ4n) is 9.97. The molecule has 0 bridgehead atoms. The van der Waals surface area contributed by atoms with E-state index in [0.29, 0.717) is 24.2 Å². The first kappa shape index (κ1) is 35.2. The predicted molar refractivity (Wildman–Crippen MR) is 158 cm³/mol. The van der Waals surface area contributed by atoms with Crippen LogP contribution in [0.4, 0.5) is 0 Å². The fraction of sp³-hybridized carbons (Fsp3) is 0.929. The Bertz CT molecular complexity index is 1380. The lowest BCUT2D eigenvalue weighted by Gasteiger charge is -2.63. The fourth-order valence-corrected chi connectivity index (χ4v) is 11.5. The molecule has 4 aliphatic carbocycles. The summed E-state index contributed by atoms with van der Waals surface area (Å²) in [6, 6.07) is 0. The summed E-state index contributed by atoms with van der Waals surface area (Å²) in [5.41, 5.74) is 0.342. The van der Waals surface area contributed by atoms with Gasteiger partial charge in [-0.05, 0) is 117 Å². The van der Waals surface area contributed by atoms with Gasteiger partial charge in [-0.1, -0.05) is 39.8 Å². The van der Waals surface area contributed by atoms with Crippen LogP contribution in [-0.2, 0) is 43.7 Å². The first-order chi connectivity index (χ1) is 19.5. The Balaban J connectivity index is 1.67. The molecule has 0 amide bonds. The summed E-state index contributed by atoms with van der Waals surface area (Å²) in [7, 11) is -15.0. The molecule has 43 heavy (non-hydrogen) atoms. The molecule has 0 saturated heterocycles. The molecule has 3 N–H and O–H groups in total. The highest BCUT2D eigenvalue weighted by atomic mass is 32.3. The minimum Gasteiger partial charge on any atom is -0.264 e. The van der Waals surface area contributed by atoms with Crippen LogP contribution in [0.25, 0.3) is 0 Å². The van der Waals surface area contributed by atoms with E-state index in [1.54, 1.807) is 0 Å². The maximum absolute atomic E-state index is 12.0. The van der Waals surface area contributed by atoms with E-state index in [2.05, 4.69) is 34.3 Å². The molecular weight excluding hydrogens is 624 g/mol. The largest absolute Gasteiger partial charge is 0.397 e. The van der Waals surface area contributed by atoms with E-state index < -0.39 is 60.8 Å². The minimum absolute atomic E-state index is 0.00546. The topological polar surface area (TPSA) is 191 Å². The lowest BCUT2D eigenvalue weighted by molar-refractivity contribution is -0.184. The Morgan fingerprint density at radius 3 is 1.86 bits per heavy atom. The zero-order chi connectivity index (χ0) is 32.3. The van der Waals surface area contributed by atoms with E-state index in [1.165, 1.54) is 5.57 Å². The van der Waals surface area contributed by atoms with Gasteiger partial charge in [0, 0.05) is 0 Å². The van der Waals surface area contributed by atoms with E-state index in [4.69, 9.17) is 12.5 Å². The molecule has 12 atom stereocenters. The van der Waals surface area contributed by atoms with Gasteiger partial charge in [-0.15, -0.1) is 0 Å². The summed E-state index contributed by atoms with van der Waals surface area (Å²) in [5.74, 6) is 0.900. The van der Waals surface area contributed by atoms with Gasteiger partial charge in [0.05, 0.1) is 6.10 Å². The molecule has 12 nitrogen and oxygen atoms in total. The summed E-state index contributed by atoms with van der Waals surface area (Å²) < 4.78 is 114. The summed E-state index contributed by atoms with van der Waals surface area (Å²) in [5, 5.41) is 0. The van der Waals surface area contributed by atoms with Gasteiger partial charge in [0.15, 0.2) is 0 Å². The molecule has 4 saturated carbocycles. The third-order valence-electron chi connectivity index (χ3n) is 12.0. The summed E-state index contributed by atoms with van der Waals surface area (Å²) >= 11 is 0. The van der Waals surface area contributed by atoms with Gasteiger partial charge in [0.25, 0.3) is 0 Å². The van der Waals surface area contributed by atoms with Crippen LogP contribution in [-0.4, -0.2) is 57.2 Å². The maximum atomic E-state index is 12.0. The molecule has 0 spiro atoms. The Hall–Kier alpha value is -0.650. The SMILES string of the molecule is C=C(C)C(C)CC[C@@H](C)[C@H]1CCC2C3C[C@H](OS(=O)(=O)O)[C@H]4C[C@H](OS(=O)(=O)O)[C@@H](OS(=O)(=O)O)C[C@]4(C)C3CC[C@@]21C. The molecular formula is C28H48O12S3. The number of hydrogen-bond acceptors (Lipinski definition) is 9. The number of hydrogen-bond donors (Lipinski definition) is 3. The molecule has 0 aromatic rings. The predicted octanol–water partition coefficient (Wildman–Crippen LogP) is 5.06. The highest BCUT2D eigenvalue weighted by Crippen LogP contribution is 2.69. The number of rotatable bonds is 11. The summed E-state index contributed by atoms with van der Waals surface area (Å²) in [6.07, 6.45) is 1.71. The Morgan fingerprint density at radius 2 is 1.30 bits per heavy atom. The van der Waals surface area contributed by atoms with Gasteiger partial charge in [0.2, 0.25) is 0 Å². The second-order valence-corrected chi connectivity index (χ2v) is 17.5. The molecule has 4 aliphatic rings. The average Bonchev–Trinajstić information content (AvgIpc) is 3.18. The van der Waals surface area contributed by atoms with Crippen molar-refractivity contribution in [2.45, 2.75) is 111 Å². The molecule has 0 aromatic heterocycles. The summed E-state index contributed by atoms with van der Waals surface area (Å²) in [4.78, 5) is 0. The van der Waals surface area contributed by atoms with Crippen LogP contribution in [0, 0.1) is 52.3 Å². The van der Waals surface area contributed by atoms with E-state index in [-0.39, 0.29) is 36.0 Å². The van der Waals surface area contributed by atoms with E-state index in [1.807, 2.05) is 6.92 Å². The second-order valence-electron chi connectivity index (χ2n) is 14.4. The van der Waals surface area contributed by atoms with E-state index >= 15 is 0 Å². The van der Waals surface area contributed by atoms with Gasteiger partial charge in [0.1, 0.15) is 12.2 Å². The van der Waals surface area contributed by atoms with Gasteiger partial charge in [-0.2, -0.15) is 25.3 Å². The van der Waals surface area contributed by atoms with Crippen molar-refractivity contribution in [3.8, 4) is 0 Å². The second kappa shape index (κ2) is 12.2. The zero-order valence-electron chi connectivity index (χ0n) is 25.6. The highest BCUT2D eigenvalue weighted by Gasteiger charge is 2.65. The maximum Gasteiger partial charge on any atom is 0.397 e. The van der Waals surface area contributed by atoms with Crippen LogP contribution >= 0.6 is 0 Å². The molecule has 0 radical (unpaired) electrons. The Labute approximate surface area is 257 Å². The van der Waals surface area contributed by atoms with Gasteiger partial charge in [-0.25, -0.2) is 12.5 Å². The van der Waals surface area contributed by atoms with Crippen LogP contribution in [0.1, 0.15) is 92.4 Å². The first-order valence-electron chi connectivity index (χ1n) is 15.2. The van der Waals surface area contributed by atoms with Crippen molar-refractivity contribution in [2.24, 2.45) is 52.3 Å². The van der Waals surface area contributed by atoms with Crippen LogP contribution < -0.4 is 0 Å². The van der Waals surface area contributed by atoms with Crippen molar-refractivity contribution in [2.75, 3.05) is 0 Å². The van der Waals surface area contributed by atoms with E-state index in [0.717, 1.165) is 38.5 Å². The molecule has 0 aromatic carbocycles. The molecule has 250 valence electrons. The van der Waals surface area contributed by atoms with Gasteiger partial charge in [-0.3, -0.25) is 13.7 Å². The Morgan fingerprint density at radius 1 is 0.767 bits per heavy atom. The molecule has 4 unspecified atom stereocenters. The quantitative estimate of drug-likeness (QED) is 0.196. The normalized spacial score (nSPS) is 41.5. The monoisotopic (exact) mass is 672 g/mol. The zero-order valence-corrected chi connectivity index (χ0v) is 28.0. The molecule has 0 heterocycles. The van der Waals surface area contributed by atoms with Crippen molar-refractivity contribution in [1.29, 1.82) is 0 Å². The molecule has 15 heteroatoms. The van der Waals surface area contributed by atoms with Gasteiger partial charge >= 0.3 is 31.2 Å². The van der Waals surface area contributed by atoms with Crippen molar-refractivity contribution in [1.82, 2.24) is 0 Å². The van der Waals surface area contributed by atoms with Crippen LogP contribution in [0.15, 0.2) is 12.2 Å². The van der Waals surface area contributed by atoms with E-state index in [9.17, 15) is 38.9 Å². The smallest absolute Gasteiger partial charge is 0.264 e. The molecule has 4 fully saturated rings. The lowest BCUT2D eigenvalue weighted by atomic mass is 9.43. The minimum atomic E-state index is -5.06. The number of allylic oxidation sites excluding steroid dienone is 1. The first-order valence-corrected chi connectivity index (χ1v) is 19.3. The standard InChI is InChI=1S/C28H48O12S3/c1-16(2)17(3)7-8-18(4)20-9-10-21-19-13-24(38-41(29,30)31)23-14-25(39-42(32,33)34)26(40-43(35,36)37)15-28(23,6)22(19)11-12-27(20,21)5/h17-26H,1,7-15H2,2-6H3,(H,29,30,31)(H,32,33,34)(H,35,36,37)/t17?,18-,19?,20-,21?,22?,23-,24+,25+,26+,27-,28-/m1/s1. The third-order valence-corrected chi connectivity index (χ3v) is 13.5. The van der Waals surface area contributed by atoms with Crippen molar-refractivity contribution < 1.29 is 51.5 Å². The van der Waals surface area contributed by atoms with Crippen molar-refractivity contribution >= 4 is 31.2 Å². The molecule has 0 aliphatic heterocycles. The van der Waals surface area contributed by atoms with Crippen LogP contribution in [0.2, 0.25) is 0 Å². The third kappa shape index (κ3) is 7.67. The van der Waals surface area contributed by atoms with Crippen LogP contribution in [0.3, 0.4) is 0 Å². The highest BCUT2D eigenvalue weighted by molar-refractivity contribution is 7.81. The van der Waals surface area contributed by atoms with Crippen LogP contribution in [0.5, 0.6) is 0 Å². The van der Waals surface area contributed by atoms with Gasteiger partial charge < -0.3 is 0 Å². The Kier molecular flexibility index (Phi) is 9.97. The lowest BCUT2D eigenvalue weighted by Crippen LogP contribution is -2.62. The number of fused-ring (bicyclic) bond motifs is 5. The van der Waals surface area contributed by atoms with Crippen molar-refractivity contribution in [3.63, 3.8) is 0 Å². The summed E-state index contributed by atoms with van der Waals surface area (Å²) in [6.45, 7) is 14.9.